The quantitative estimate of drug-likeness (QED) is 0.774. The Labute approximate surface area is 175 Å². The number of para-hydroxylation sites is 2. The monoisotopic (exact) mass is 412 g/mol. The Balaban J connectivity index is 1.55. The standard InChI is InChI=1S/C23H25FN2O4/c1-29-19-10-9-16(13-17(19)24)14-22(27)26-15-21(23(28)25-11-5-2-6-12-25)30-20-8-4-3-7-18(20)26/h3-4,7-10,13,21H,2,5-6,11-12,14-15H2,1H3/t21-/m0/s1. The Kier molecular flexibility index (Phi) is 5.88. The Morgan fingerprint density at radius 2 is 1.90 bits per heavy atom. The van der Waals surface area contributed by atoms with Gasteiger partial charge in [-0.05, 0) is 49.1 Å². The van der Waals surface area contributed by atoms with Crippen LogP contribution in [0.4, 0.5) is 10.1 Å². The first kappa shape index (κ1) is 20.2. The summed E-state index contributed by atoms with van der Waals surface area (Å²) in [7, 11) is 1.40. The summed E-state index contributed by atoms with van der Waals surface area (Å²) in [5.74, 6) is -0.170. The molecule has 2 amide bonds. The highest BCUT2D eigenvalue weighted by Gasteiger charge is 2.36. The summed E-state index contributed by atoms with van der Waals surface area (Å²) in [5, 5.41) is 0. The molecule has 0 spiro atoms. The molecule has 0 aromatic heterocycles. The number of halogens is 1. The first-order valence-electron chi connectivity index (χ1n) is 10.2. The van der Waals surface area contributed by atoms with Gasteiger partial charge >= 0.3 is 0 Å². The van der Waals surface area contributed by atoms with E-state index in [1.165, 1.54) is 19.2 Å². The van der Waals surface area contributed by atoms with Crippen molar-refractivity contribution in [1.82, 2.24) is 4.90 Å². The molecule has 7 heteroatoms. The zero-order valence-corrected chi connectivity index (χ0v) is 17.0. The number of carbonyl (C=O) groups is 2. The molecule has 0 N–H and O–H groups in total. The fraction of sp³-hybridized carbons (Fsp3) is 0.391. The molecule has 30 heavy (non-hydrogen) atoms. The van der Waals surface area contributed by atoms with Crippen LogP contribution in [0.15, 0.2) is 42.5 Å². The molecule has 2 aliphatic rings. The van der Waals surface area contributed by atoms with Crippen molar-refractivity contribution in [2.24, 2.45) is 0 Å². The van der Waals surface area contributed by atoms with Crippen molar-refractivity contribution in [3.05, 3.63) is 53.8 Å². The van der Waals surface area contributed by atoms with E-state index in [1.807, 2.05) is 17.0 Å². The maximum absolute atomic E-state index is 14.0. The molecule has 0 unspecified atom stereocenters. The maximum Gasteiger partial charge on any atom is 0.265 e. The Bertz CT molecular complexity index is 943. The van der Waals surface area contributed by atoms with Gasteiger partial charge in [0.15, 0.2) is 17.7 Å². The van der Waals surface area contributed by atoms with Crippen molar-refractivity contribution in [1.29, 1.82) is 0 Å². The van der Waals surface area contributed by atoms with Crippen LogP contribution in [0, 0.1) is 5.82 Å². The average Bonchev–Trinajstić information content (AvgIpc) is 2.78. The second-order valence-electron chi connectivity index (χ2n) is 7.61. The van der Waals surface area contributed by atoms with Crippen LogP contribution in [0.2, 0.25) is 0 Å². The van der Waals surface area contributed by atoms with E-state index in [2.05, 4.69) is 0 Å². The molecule has 0 saturated carbocycles. The van der Waals surface area contributed by atoms with Gasteiger partial charge in [-0.25, -0.2) is 4.39 Å². The molecule has 2 aromatic rings. The SMILES string of the molecule is COc1ccc(CC(=O)N2C[C@@H](C(=O)N3CCCCC3)Oc3ccccc32)cc1F. The van der Waals surface area contributed by atoms with Crippen LogP contribution in [0.3, 0.4) is 0 Å². The maximum atomic E-state index is 14.0. The highest BCUT2D eigenvalue weighted by atomic mass is 19.1. The molecule has 1 atom stereocenters. The lowest BCUT2D eigenvalue weighted by atomic mass is 10.1. The number of ether oxygens (including phenoxy) is 2. The molecule has 2 aromatic carbocycles. The number of fused-ring (bicyclic) bond motifs is 1. The smallest absolute Gasteiger partial charge is 0.265 e. The minimum absolute atomic E-state index is 0.0138. The van der Waals surface area contributed by atoms with Gasteiger partial charge in [-0.1, -0.05) is 18.2 Å². The number of anilines is 1. The minimum atomic E-state index is -0.741. The van der Waals surface area contributed by atoms with E-state index >= 15 is 0 Å². The van der Waals surface area contributed by atoms with Crippen molar-refractivity contribution in [2.45, 2.75) is 31.8 Å². The van der Waals surface area contributed by atoms with Gasteiger partial charge in [-0.3, -0.25) is 9.59 Å². The van der Waals surface area contributed by atoms with Crippen molar-refractivity contribution >= 4 is 17.5 Å². The van der Waals surface area contributed by atoms with E-state index in [-0.39, 0.29) is 30.5 Å². The number of hydrogen-bond donors (Lipinski definition) is 0. The van der Waals surface area contributed by atoms with Gasteiger partial charge in [0.2, 0.25) is 5.91 Å². The van der Waals surface area contributed by atoms with Gasteiger partial charge in [-0.2, -0.15) is 0 Å². The van der Waals surface area contributed by atoms with E-state index in [9.17, 15) is 14.0 Å². The Hall–Kier alpha value is -3.09. The normalized spacial score (nSPS) is 18.4. The molecule has 1 saturated heterocycles. The first-order chi connectivity index (χ1) is 14.6. The molecule has 0 radical (unpaired) electrons. The summed E-state index contributed by atoms with van der Waals surface area (Å²) < 4.78 is 24.9. The van der Waals surface area contributed by atoms with E-state index in [0.29, 0.717) is 17.0 Å². The molecule has 2 aliphatic heterocycles. The Morgan fingerprint density at radius 3 is 2.63 bits per heavy atom. The van der Waals surface area contributed by atoms with Crippen LogP contribution in [0.1, 0.15) is 24.8 Å². The summed E-state index contributed by atoms with van der Waals surface area (Å²) in [5.41, 5.74) is 1.17. The van der Waals surface area contributed by atoms with E-state index < -0.39 is 11.9 Å². The molecule has 0 aliphatic carbocycles. The summed E-state index contributed by atoms with van der Waals surface area (Å²) in [6.45, 7) is 1.59. The topological polar surface area (TPSA) is 59.1 Å². The van der Waals surface area contributed by atoms with Gasteiger partial charge < -0.3 is 19.3 Å². The van der Waals surface area contributed by atoms with Crippen LogP contribution in [-0.2, 0) is 16.0 Å². The molecule has 2 heterocycles. The third-order valence-electron chi connectivity index (χ3n) is 5.59. The largest absolute Gasteiger partial charge is 0.494 e. The van der Waals surface area contributed by atoms with Gasteiger partial charge in [0.25, 0.3) is 5.91 Å². The fourth-order valence-electron chi connectivity index (χ4n) is 4.01. The zero-order chi connectivity index (χ0) is 21.1. The lowest BCUT2D eigenvalue weighted by molar-refractivity contribution is -0.139. The summed E-state index contributed by atoms with van der Waals surface area (Å²) in [4.78, 5) is 29.5. The van der Waals surface area contributed by atoms with Gasteiger partial charge in [0.1, 0.15) is 5.75 Å². The first-order valence-corrected chi connectivity index (χ1v) is 10.2. The number of piperidine rings is 1. The van der Waals surface area contributed by atoms with Crippen LogP contribution in [0.5, 0.6) is 11.5 Å². The highest BCUT2D eigenvalue weighted by Crippen LogP contribution is 2.34. The van der Waals surface area contributed by atoms with Gasteiger partial charge in [0, 0.05) is 13.1 Å². The summed E-state index contributed by atoms with van der Waals surface area (Å²) >= 11 is 0. The van der Waals surface area contributed by atoms with Crippen LogP contribution < -0.4 is 14.4 Å². The summed E-state index contributed by atoms with van der Waals surface area (Å²) in [6, 6.07) is 11.7. The highest BCUT2D eigenvalue weighted by molar-refractivity contribution is 5.98. The average molecular weight is 412 g/mol. The zero-order valence-electron chi connectivity index (χ0n) is 17.0. The lowest BCUT2D eigenvalue weighted by Gasteiger charge is -2.37. The number of nitrogens with zero attached hydrogens (tertiary/aromatic N) is 2. The molecule has 1 fully saturated rings. The van der Waals surface area contributed by atoms with E-state index in [4.69, 9.17) is 9.47 Å². The van der Waals surface area contributed by atoms with Crippen molar-refractivity contribution in [3.8, 4) is 11.5 Å². The van der Waals surface area contributed by atoms with Crippen molar-refractivity contribution < 1.29 is 23.5 Å². The molecular weight excluding hydrogens is 387 g/mol. The number of rotatable bonds is 4. The molecule has 6 nitrogen and oxygen atoms in total. The number of carbonyl (C=O) groups excluding carboxylic acids is 2. The molecule has 4 rings (SSSR count). The van der Waals surface area contributed by atoms with Crippen molar-refractivity contribution in [3.63, 3.8) is 0 Å². The second kappa shape index (κ2) is 8.73. The molecular formula is C23H25FN2O4. The predicted molar refractivity (Wildman–Crippen MR) is 110 cm³/mol. The Morgan fingerprint density at radius 1 is 1.13 bits per heavy atom. The molecule has 158 valence electrons. The van der Waals surface area contributed by atoms with Gasteiger partial charge in [-0.15, -0.1) is 0 Å². The number of hydrogen-bond acceptors (Lipinski definition) is 4. The van der Waals surface area contributed by atoms with Crippen LogP contribution >= 0.6 is 0 Å². The van der Waals surface area contributed by atoms with E-state index in [1.54, 1.807) is 23.1 Å². The summed E-state index contributed by atoms with van der Waals surface area (Å²) in [6.07, 6.45) is 2.37. The minimum Gasteiger partial charge on any atom is -0.494 e. The second-order valence-corrected chi connectivity index (χ2v) is 7.61. The third kappa shape index (κ3) is 4.10. The number of likely N-dealkylation sites (tertiary alicyclic amines) is 1. The predicted octanol–water partition coefficient (Wildman–Crippen LogP) is 3.18. The van der Waals surface area contributed by atoms with Crippen LogP contribution in [-0.4, -0.2) is 49.6 Å². The van der Waals surface area contributed by atoms with E-state index in [0.717, 1.165) is 32.4 Å². The fourth-order valence-corrected chi connectivity index (χ4v) is 4.01. The number of methoxy groups -OCH3 is 1. The number of benzene rings is 2. The van der Waals surface area contributed by atoms with Crippen molar-refractivity contribution in [2.75, 3.05) is 31.6 Å². The van der Waals surface area contributed by atoms with Gasteiger partial charge in [0.05, 0.1) is 25.8 Å². The lowest BCUT2D eigenvalue weighted by Crippen LogP contribution is -2.53. The van der Waals surface area contributed by atoms with Crippen LogP contribution in [0.25, 0.3) is 0 Å². The molecule has 0 bridgehead atoms. The third-order valence-corrected chi connectivity index (χ3v) is 5.59. The number of amides is 2.